The van der Waals surface area contributed by atoms with Crippen LogP contribution < -0.4 is 0 Å². The Morgan fingerprint density at radius 2 is 1.57 bits per heavy atom. The molecule has 0 unspecified atom stereocenters. The third-order valence-electron chi connectivity index (χ3n) is 4.88. The van der Waals surface area contributed by atoms with Crippen molar-refractivity contribution in [3.8, 4) is 28.2 Å². The topological polar surface area (TPSA) is 52.0 Å². The predicted molar refractivity (Wildman–Crippen MR) is 112 cm³/mol. The monoisotopic (exact) mass is 424 g/mol. The van der Waals surface area contributed by atoms with Crippen molar-refractivity contribution in [3.63, 3.8) is 0 Å². The van der Waals surface area contributed by atoms with Crippen molar-refractivity contribution in [2.24, 2.45) is 0 Å². The molecule has 0 aliphatic rings. The number of aromatic nitrogens is 2. The Kier molecular flexibility index (Phi) is 4.99. The second-order valence-electron chi connectivity index (χ2n) is 7.02. The van der Waals surface area contributed by atoms with Gasteiger partial charge in [0.25, 0.3) is 0 Å². The molecule has 3 aromatic carbocycles. The summed E-state index contributed by atoms with van der Waals surface area (Å²) in [6.45, 7) is 1.88. The molecule has 0 aliphatic carbocycles. The van der Waals surface area contributed by atoms with E-state index in [1.165, 1.54) is 30.7 Å². The van der Waals surface area contributed by atoms with E-state index in [1.807, 2.05) is 31.2 Å². The number of aryl methyl sites for hydroxylation is 1. The van der Waals surface area contributed by atoms with Gasteiger partial charge in [-0.25, -0.2) is 22.2 Å². The average molecular weight is 424 g/mol. The van der Waals surface area contributed by atoms with Gasteiger partial charge in [-0.15, -0.1) is 0 Å². The van der Waals surface area contributed by atoms with Crippen LogP contribution in [0.15, 0.2) is 78.0 Å². The fourth-order valence-corrected chi connectivity index (χ4v) is 4.07. The summed E-state index contributed by atoms with van der Waals surface area (Å²) in [6, 6.07) is 16.0. The molecular weight excluding hydrogens is 406 g/mol. The van der Waals surface area contributed by atoms with Gasteiger partial charge in [-0.1, -0.05) is 24.3 Å². The Balaban J connectivity index is 1.79. The van der Waals surface area contributed by atoms with E-state index in [1.54, 1.807) is 29.0 Å². The van der Waals surface area contributed by atoms with Crippen LogP contribution in [0.4, 0.5) is 8.78 Å². The number of nitrogens with zero attached hydrogens (tertiary/aromatic N) is 2. The van der Waals surface area contributed by atoms with Crippen LogP contribution in [0, 0.1) is 18.6 Å². The summed E-state index contributed by atoms with van der Waals surface area (Å²) in [5.74, 6) is -1.20. The highest BCUT2D eigenvalue weighted by Crippen LogP contribution is 2.30. The van der Waals surface area contributed by atoms with Gasteiger partial charge in [0.15, 0.2) is 9.84 Å². The summed E-state index contributed by atoms with van der Waals surface area (Å²) in [7, 11) is -3.31. The van der Waals surface area contributed by atoms with Crippen molar-refractivity contribution in [1.29, 1.82) is 0 Å². The van der Waals surface area contributed by atoms with E-state index in [0.29, 0.717) is 5.69 Å². The molecule has 0 radical (unpaired) electrons. The maximum Gasteiger partial charge on any atom is 0.175 e. The molecule has 0 amide bonds. The zero-order valence-electron chi connectivity index (χ0n) is 16.3. The van der Waals surface area contributed by atoms with Gasteiger partial charge in [-0.2, -0.15) is 0 Å². The van der Waals surface area contributed by atoms with Gasteiger partial charge in [0, 0.05) is 18.6 Å². The van der Waals surface area contributed by atoms with E-state index in [2.05, 4.69) is 4.98 Å². The molecule has 4 rings (SSSR count). The second kappa shape index (κ2) is 7.50. The first-order valence-corrected chi connectivity index (χ1v) is 11.0. The number of rotatable bonds is 4. The standard InChI is InChI=1S/C23H18F2N2O2S/c1-15-13-17(16-5-3-6-18(14-16)30(2,28)29)9-10-21(15)27-12-11-26-23(27)22-19(24)7-4-8-20(22)25/h3-14H,1-2H3. The quantitative estimate of drug-likeness (QED) is 0.453. The lowest BCUT2D eigenvalue weighted by Gasteiger charge is -2.14. The molecule has 7 heteroatoms. The van der Waals surface area contributed by atoms with Crippen LogP contribution in [0.1, 0.15) is 5.56 Å². The highest BCUT2D eigenvalue weighted by atomic mass is 32.2. The molecule has 0 atom stereocenters. The molecule has 0 saturated heterocycles. The van der Waals surface area contributed by atoms with Crippen LogP contribution in [0.3, 0.4) is 0 Å². The molecule has 0 N–H and O–H groups in total. The highest BCUT2D eigenvalue weighted by Gasteiger charge is 2.18. The Morgan fingerprint density at radius 1 is 0.900 bits per heavy atom. The van der Waals surface area contributed by atoms with Crippen molar-refractivity contribution in [2.75, 3.05) is 6.26 Å². The molecule has 152 valence electrons. The maximum atomic E-state index is 14.3. The second-order valence-corrected chi connectivity index (χ2v) is 9.03. The minimum absolute atomic E-state index is 0.167. The molecule has 0 saturated carbocycles. The molecule has 30 heavy (non-hydrogen) atoms. The van der Waals surface area contributed by atoms with Crippen molar-refractivity contribution in [2.45, 2.75) is 11.8 Å². The van der Waals surface area contributed by atoms with Gasteiger partial charge in [0.05, 0.1) is 16.1 Å². The number of hydrogen-bond acceptors (Lipinski definition) is 3. The lowest BCUT2D eigenvalue weighted by atomic mass is 10.0. The first-order valence-electron chi connectivity index (χ1n) is 9.15. The van der Waals surface area contributed by atoms with Crippen LogP contribution in [-0.4, -0.2) is 24.2 Å². The lowest BCUT2D eigenvalue weighted by molar-refractivity contribution is 0.587. The zero-order valence-corrected chi connectivity index (χ0v) is 17.1. The molecule has 4 nitrogen and oxygen atoms in total. The fraction of sp³-hybridized carbons (Fsp3) is 0.0870. The predicted octanol–water partition coefficient (Wildman–Crippen LogP) is 5.20. The Morgan fingerprint density at radius 3 is 2.23 bits per heavy atom. The molecular formula is C23H18F2N2O2S. The van der Waals surface area contributed by atoms with E-state index in [0.717, 1.165) is 16.7 Å². The van der Waals surface area contributed by atoms with Crippen molar-refractivity contribution < 1.29 is 17.2 Å². The first-order chi connectivity index (χ1) is 14.3. The van der Waals surface area contributed by atoms with Gasteiger partial charge in [-0.05, 0) is 60.0 Å². The number of sulfone groups is 1. The Labute approximate surface area is 173 Å². The van der Waals surface area contributed by atoms with Gasteiger partial charge in [0.1, 0.15) is 17.5 Å². The number of halogens is 2. The van der Waals surface area contributed by atoms with Crippen molar-refractivity contribution in [3.05, 3.63) is 90.3 Å². The summed E-state index contributed by atoms with van der Waals surface area (Å²) in [6.07, 6.45) is 4.31. The van der Waals surface area contributed by atoms with E-state index in [4.69, 9.17) is 0 Å². The van der Waals surface area contributed by atoms with E-state index in [-0.39, 0.29) is 16.3 Å². The number of hydrogen-bond donors (Lipinski definition) is 0. The average Bonchev–Trinajstić information content (AvgIpc) is 3.16. The van der Waals surface area contributed by atoms with Gasteiger partial charge in [-0.3, -0.25) is 4.57 Å². The molecule has 0 aliphatic heterocycles. The van der Waals surface area contributed by atoms with E-state index < -0.39 is 21.5 Å². The summed E-state index contributed by atoms with van der Waals surface area (Å²) in [5.41, 5.74) is 2.97. The normalized spacial score (nSPS) is 11.6. The van der Waals surface area contributed by atoms with Gasteiger partial charge in [0.2, 0.25) is 0 Å². The molecule has 1 aromatic heterocycles. The largest absolute Gasteiger partial charge is 0.299 e. The summed E-state index contributed by atoms with van der Waals surface area (Å²) in [5, 5.41) is 0. The van der Waals surface area contributed by atoms with Crippen molar-refractivity contribution in [1.82, 2.24) is 9.55 Å². The SMILES string of the molecule is Cc1cc(-c2cccc(S(C)(=O)=O)c2)ccc1-n1ccnc1-c1c(F)cccc1F. The first kappa shape index (κ1) is 20.0. The summed E-state index contributed by atoms with van der Waals surface area (Å²) in [4.78, 5) is 4.41. The van der Waals surface area contributed by atoms with Crippen LogP contribution in [0.5, 0.6) is 0 Å². The van der Waals surface area contributed by atoms with Gasteiger partial charge < -0.3 is 0 Å². The Hall–Kier alpha value is -3.32. The zero-order chi connectivity index (χ0) is 21.5. The minimum Gasteiger partial charge on any atom is -0.299 e. The molecule has 0 spiro atoms. The van der Waals surface area contributed by atoms with Crippen molar-refractivity contribution >= 4 is 9.84 Å². The number of benzene rings is 3. The fourth-order valence-electron chi connectivity index (χ4n) is 3.41. The summed E-state index contributed by atoms with van der Waals surface area (Å²) >= 11 is 0. The van der Waals surface area contributed by atoms with Crippen LogP contribution in [-0.2, 0) is 9.84 Å². The van der Waals surface area contributed by atoms with Crippen LogP contribution in [0.2, 0.25) is 0 Å². The molecule has 4 aromatic rings. The molecule has 0 bridgehead atoms. The minimum atomic E-state index is -3.31. The highest BCUT2D eigenvalue weighted by molar-refractivity contribution is 7.90. The van der Waals surface area contributed by atoms with E-state index >= 15 is 0 Å². The molecule has 0 fully saturated rings. The van der Waals surface area contributed by atoms with Crippen LogP contribution >= 0.6 is 0 Å². The summed E-state index contributed by atoms with van der Waals surface area (Å²) < 4.78 is 53.9. The smallest absolute Gasteiger partial charge is 0.175 e. The molecule has 1 heterocycles. The lowest BCUT2D eigenvalue weighted by Crippen LogP contribution is -2.02. The third-order valence-corrected chi connectivity index (χ3v) is 5.99. The van der Waals surface area contributed by atoms with E-state index in [9.17, 15) is 17.2 Å². The van der Waals surface area contributed by atoms with Gasteiger partial charge >= 0.3 is 0 Å². The number of imidazole rings is 1. The Bertz CT molecular complexity index is 1340. The van der Waals surface area contributed by atoms with Crippen LogP contribution in [0.25, 0.3) is 28.2 Å². The third kappa shape index (κ3) is 3.64. The maximum absolute atomic E-state index is 14.3.